The van der Waals surface area contributed by atoms with Crippen molar-refractivity contribution in [1.82, 2.24) is 4.98 Å². The maximum absolute atomic E-state index is 11.4. The highest BCUT2D eigenvalue weighted by atomic mass is 16.5. The molecule has 0 atom stereocenters. The average Bonchev–Trinajstić information content (AvgIpc) is 2.47. The minimum atomic E-state index is -0.0772. The van der Waals surface area contributed by atoms with Gasteiger partial charge in [-0.15, -0.1) is 0 Å². The monoisotopic (exact) mass is 258 g/mol. The van der Waals surface area contributed by atoms with Crippen LogP contribution in [0.2, 0.25) is 0 Å². The summed E-state index contributed by atoms with van der Waals surface area (Å²) in [5.41, 5.74) is 1.72. The van der Waals surface area contributed by atoms with Crippen molar-refractivity contribution in [2.45, 2.75) is 32.1 Å². The Labute approximate surface area is 113 Å². The number of pyridine rings is 1. The fraction of sp³-hybridized carbons (Fsp3) is 0.533. The lowest BCUT2D eigenvalue weighted by Gasteiger charge is -2.26. The molecule has 4 nitrogen and oxygen atoms in total. The zero-order valence-electron chi connectivity index (χ0n) is 11.1. The third kappa shape index (κ3) is 3.54. The lowest BCUT2D eigenvalue weighted by Crippen LogP contribution is -2.23. The Morgan fingerprint density at radius 2 is 2.16 bits per heavy atom. The minimum absolute atomic E-state index is 0.0739. The van der Waals surface area contributed by atoms with Gasteiger partial charge in [0.15, 0.2) is 0 Å². The largest absolute Gasteiger partial charge is 0.469 e. The average molecular weight is 258 g/mol. The van der Waals surface area contributed by atoms with E-state index in [9.17, 15) is 4.79 Å². The Hall–Kier alpha value is -1.89. The Kier molecular flexibility index (Phi) is 4.51. The topological polar surface area (TPSA) is 63.0 Å². The number of carbonyl (C=O) groups is 1. The van der Waals surface area contributed by atoms with E-state index in [0.29, 0.717) is 11.5 Å². The maximum atomic E-state index is 11.4. The van der Waals surface area contributed by atoms with Crippen molar-refractivity contribution in [2.75, 3.05) is 7.11 Å². The van der Waals surface area contributed by atoms with Crippen LogP contribution >= 0.6 is 0 Å². The zero-order valence-corrected chi connectivity index (χ0v) is 11.1. The van der Waals surface area contributed by atoms with Gasteiger partial charge < -0.3 is 4.74 Å². The predicted octanol–water partition coefficient (Wildman–Crippen LogP) is 2.48. The van der Waals surface area contributed by atoms with Gasteiger partial charge in [-0.1, -0.05) is 0 Å². The quantitative estimate of drug-likeness (QED) is 0.781. The summed E-state index contributed by atoms with van der Waals surface area (Å²) >= 11 is 0. The van der Waals surface area contributed by atoms with E-state index in [0.717, 1.165) is 37.7 Å². The van der Waals surface area contributed by atoms with E-state index in [1.807, 2.05) is 12.3 Å². The second-order valence-corrected chi connectivity index (χ2v) is 5.14. The van der Waals surface area contributed by atoms with E-state index in [1.54, 1.807) is 6.20 Å². The molecule has 0 aromatic carbocycles. The Morgan fingerprint density at radius 3 is 2.79 bits per heavy atom. The molecule has 0 aliphatic heterocycles. The van der Waals surface area contributed by atoms with Crippen LogP contribution in [0.3, 0.4) is 0 Å². The van der Waals surface area contributed by atoms with Crippen molar-refractivity contribution in [3.63, 3.8) is 0 Å². The lowest BCUT2D eigenvalue weighted by atomic mass is 9.79. The van der Waals surface area contributed by atoms with E-state index in [-0.39, 0.29) is 11.9 Å². The first-order valence-corrected chi connectivity index (χ1v) is 6.64. The number of hydrogen-bond donors (Lipinski definition) is 0. The molecule has 1 aliphatic rings. The molecule has 0 saturated heterocycles. The molecular weight excluding hydrogens is 240 g/mol. The molecular formula is C15H18N2O2. The van der Waals surface area contributed by atoms with Crippen LogP contribution in [0.25, 0.3) is 0 Å². The molecule has 0 unspecified atom stereocenters. The number of rotatable bonds is 3. The molecule has 0 amide bonds. The van der Waals surface area contributed by atoms with Crippen molar-refractivity contribution in [2.24, 2.45) is 11.8 Å². The summed E-state index contributed by atoms with van der Waals surface area (Å²) in [7, 11) is 1.45. The van der Waals surface area contributed by atoms with Crippen LogP contribution in [-0.4, -0.2) is 18.1 Å². The molecule has 0 spiro atoms. The maximum Gasteiger partial charge on any atom is 0.308 e. The van der Waals surface area contributed by atoms with Gasteiger partial charge in [0, 0.05) is 12.4 Å². The number of carbonyl (C=O) groups excluding carboxylic acids is 1. The number of esters is 1. The molecule has 1 aliphatic carbocycles. The van der Waals surface area contributed by atoms with Gasteiger partial charge in [-0.2, -0.15) is 5.26 Å². The van der Waals surface area contributed by atoms with Crippen molar-refractivity contribution in [3.05, 3.63) is 29.6 Å². The molecule has 19 heavy (non-hydrogen) atoms. The van der Waals surface area contributed by atoms with Gasteiger partial charge >= 0.3 is 5.97 Å². The first-order chi connectivity index (χ1) is 9.22. The van der Waals surface area contributed by atoms with Crippen LogP contribution in [0.1, 0.15) is 36.8 Å². The van der Waals surface area contributed by atoms with Gasteiger partial charge in [0.1, 0.15) is 6.07 Å². The predicted molar refractivity (Wildman–Crippen MR) is 70.1 cm³/mol. The van der Waals surface area contributed by atoms with Crippen LogP contribution in [0.15, 0.2) is 18.5 Å². The molecule has 4 heteroatoms. The highest BCUT2D eigenvalue weighted by Crippen LogP contribution is 2.31. The van der Waals surface area contributed by atoms with Crippen LogP contribution in [0, 0.1) is 23.2 Å². The van der Waals surface area contributed by atoms with Gasteiger partial charge in [0.05, 0.1) is 18.6 Å². The molecule has 2 rings (SSSR count). The van der Waals surface area contributed by atoms with E-state index in [4.69, 9.17) is 10.00 Å². The Balaban J connectivity index is 1.89. The van der Waals surface area contributed by atoms with E-state index < -0.39 is 0 Å². The van der Waals surface area contributed by atoms with Crippen molar-refractivity contribution in [3.8, 4) is 6.07 Å². The standard InChI is InChI=1S/C15H18N2O2/c1-19-15(18)14-4-2-11(3-5-14)6-12-7-13(8-16)10-17-9-12/h7,9-11,14H,2-6H2,1H3. The number of aromatic nitrogens is 1. The highest BCUT2D eigenvalue weighted by molar-refractivity contribution is 5.72. The Bertz CT molecular complexity index is 485. The van der Waals surface area contributed by atoms with Gasteiger partial charge in [0.25, 0.3) is 0 Å². The van der Waals surface area contributed by atoms with E-state index in [1.165, 1.54) is 7.11 Å². The number of nitrogens with zero attached hydrogens (tertiary/aromatic N) is 2. The van der Waals surface area contributed by atoms with Crippen molar-refractivity contribution < 1.29 is 9.53 Å². The first kappa shape index (κ1) is 13.5. The minimum Gasteiger partial charge on any atom is -0.469 e. The summed E-state index contributed by atoms with van der Waals surface area (Å²) in [6, 6.07) is 4.01. The van der Waals surface area contributed by atoms with Gasteiger partial charge in [-0.3, -0.25) is 9.78 Å². The molecule has 1 fully saturated rings. The lowest BCUT2D eigenvalue weighted by molar-refractivity contribution is -0.146. The second-order valence-electron chi connectivity index (χ2n) is 5.14. The molecule has 1 saturated carbocycles. The number of methoxy groups -OCH3 is 1. The first-order valence-electron chi connectivity index (χ1n) is 6.64. The summed E-state index contributed by atoms with van der Waals surface area (Å²) in [5, 5.41) is 8.85. The van der Waals surface area contributed by atoms with Crippen LogP contribution < -0.4 is 0 Å². The van der Waals surface area contributed by atoms with Gasteiger partial charge in [-0.05, 0) is 49.7 Å². The zero-order chi connectivity index (χ0) is 13.7. The molecule has 1 aromatic rings. The van der Waals surface area contributed by atoms with Gasteiger partial charge in [-0.25, -0.2) is 0 Å². The van der Waals surface area contributed by atoms with Crippen LogP contribution in [-0.2, 0) is 16.0 Å². The number of nitriles is 1. The van der Waals surface area contributed by atoms with E-state index >= 15 is 0 Å². The molecule has 1 aromatic heterocycles. The molecule has 1 heterocycles. The SMILES string of the molecule is COC(=O)C1CCC(Cc2cncc(C#N)c2)CC1. The third-order valence-corrected chi connectivity index (χ3v) is 3.83. The molecule has 0 N–H and O–H groups in total. The fourth-order valence-electron chi connectivity index (χ4n) is 2.76. The van der Waals surface area contributed by atoms with Crippen LogP contribution in [0.4, 0.5) is 0 Å². The van der Waals surface area contributed by atoms with Crippen molar-refractivity contribution >= 4 is 5.97 Å². The summed E-state index contributed by atoms with van der Waals surface area (Å²) in [6.45, 7) is 0. The smallest absolute Gasteiger partial charge is 0.308 e. The summed E-state index contributed by atoms with van der Waals surface area (Å²) in [6.07, 6.45) is 8.24. The molecule has 100 valence electrons. The highest BCUT2D eigenvalue weighted by Gasteiger charge is 2.26. The van der Waals surface area contributed by atoms with Crippen LogP contribution in [0.5, 0.6) is 0 Å². The van der Waals surface area contributed by atoms with Crippen molar-refractivity contribution in [1.29, 1.82) is 5.26 Å². The Morgan fingerprint density at radius 1 is 1.42 bits per heavy atom. The summed E-state index contributed by atoms with van der Waals surface area (Å²) in [4.78, 5) is 15.5. The number of hydrogen-bond acceptors (Lipinski definition) is 4. The summed E-state index contributed by atoms with van der Waals surface area (Å²) in [5.74, 6) is 0.577. The summed E-state index contributed by atoms with van der Waals surface area (Å²) < 4.78 is 4.79. The normalized spacial score (nSPS) is 22.5. The third-order valence-electron chi connectivity index (χ3n) is 3.83. The second kappa shape index (κ2) is 6.33. The molecule has 0 bridgehead atoms. The molecule has 0 radical (unpaired) electrons. The fourth-order valence-corrected chi connectivity index (χ4v) is 2.76. The van der Waals surface area contributed by atoms with Gasteiger partial charge in [0.2, 0.25) is 0 Å². The number of ether oxygens (including phenoxy) is 1. The van der Waals surface area contributed by atoms with E-state index in [2.05, 4.69) is 11.1 Å².